The summed E-state index contributed by atoms with van der Waals surface area (Å²) in [5.74, 6) is 0.497. The Morgan fingerprint density at radius 3 is 2.50 bits per heavy atom. The molecule has 0 aromatic carbocycles. The van der Waals surface area contributed by atoms with Gasteiger partial charge in [-0.05, 0) is 38.0 Å². The van der Waals surface area contributed by atoms with E-state index in [2.05, 4.69) is 17.2 Å². The van der Waals surface area contributed by atoms with Crippen molar-refractivity contribution in [2.24, 2.45) is 5.92 Å². The van der Waals surface area contributed by atoms with Crippen molar-refractivity contribution in [1.29, 1.82) is 0 Å². The molecule has 2 aliphatic rings. The second-order valence-electron chi connectivity index (χ2n) is 8.95. The van der Waals surface area contributed by atoms with Gasteiger partial charge < -0.3 is 16.0 Å². The molecule has 3 rings (SSSR count). The van der Waals surface area contributed by atoms with Crippen LogP contribution in [-0.2, 0) is 11.3 Å². The van der Waals surface area contributed by atoms with Crippen molar-refractivity contribution in [2.45, 2.75) is 96.7 Å². The summed E-state index contributed by atoms with van der Waals surface area (Å²) in [6, 6.07) is 0.269. The van der Waals surface area contributed by atoms with Gasteiger partial charge in [0.15, 0.2) is 5.69 Å². The molecule has 8 heteroatoms. The Bertz CT molecular complexity index is 840. The van der Waals surface area contributed by atoms with Crippen LogP contribution in [0, 0.1) is 5.92 Å². The van der Waals surface area contributed by atoms with Crippen LogP contribution >= 0.6 is 0 Å². The zero-order chi connectivity index (χ0) is 21.7. The Kier molecular flexibility index (Phi) is 7.75. The molecular weight excluding hydrogens is 382 g/mol. The minimum atomic E-state index is -0.573. The van der Waals surface area contributed by atoms with Gasteiger partial charge in [-0.1, -0.05) is 46.0 Å². The molecule has 0 bridgehead atoms. The fraction of sp³-hybridized carbons (Fsp3) is 0.773. The van der Waals surface area contributed by atoms with Crippen molar-refractivity contribution in [3.8, 4) is 0 Å². The number of amides is 1. The van der Waals surface area contributed by atoms with Crippen LogP contribution in [0.15, 0.2) is 9.59 Å². The standard InChI is InChI=1S/C22H37N5O3/c1-3-4-13-26-20(23)19(21(29)25-22(26)30)27(16-10-6-7-11-16)18(28)14-24-17-12-8-5-9-15(17)2/h15-17,24H,3-14,23H2,1-2H3,(H,25,29,30). The number of unbranched alkanes of at least 4 members (excludes halogenated alkanes) is 1. The molecular formula is C22H37N5O3. The second kappa shape index (κ2) is 10.3. The zero-order valence-corrected chi connectivity index (χ0v) is 18.4. The van der Waals surface area contributed by atoms with Gasteiger partial charge in [-0.15, -0.1) is 0 Å². The first-order valence-electron chi connectivity index (χ1n) is 11.6. The Morgan fingerprint density at radius 1 is 1.17 bits per heavy atom. The predicted octanol–water partition coefficient (Wildman–Crippen LogP) is 2.36. The third-order valence-corrected chi connectivity index (χ3v) is 6.78. The number of nitrogens with one attached hydrogen (secondary N) is 2. The highest BCUT2D eigenvalue weighted by Crippen LogP contribution is 2.29. The summed E-state index contributed by atoms with van der Waals surface area (Å²) >= 11 is 0. The third-order valence-electron chi connectivity index (χ3n) is 6.78. The maximum absolute atomic E-state index is 13.4. The number of nitrogens with zero attached hydrogens (tertiary/aromatic N) is 2. The third kappa shape index (κ3) is 4.96. The van der Waals surface area contributed by atoms with Crippen LogP contribution in [0.1, 0.15) is 78.1 Å². The molecule has 0 spiro atoms. The number of aromatic amines is 1. The minimum Gasteiger partial charge on any atom is -0.383 e. The first-order valence-corrected chi connectivity index (χ1v) is 11.6. The fourth-order valence-corrected chi connectivity index (χ4v) is 4.94. The number of hydrogen-bond acceptors (Lipinski definition) is 5. The first-order chi connectivity index (χ1) is 14.4. The van der Waals surface area contributed by atoms with Crippen molar-refractivity contribution >= 4 is 17.4 Å². The summed E-state index contributed by atoms with van der Waals surface area (Å²) in [5.41, 5.74) is 5.38. The topological polar surface area (TPSA) is 113 Å². The van der Waals surface area contributed by atoms with E-state index in [0.29, 0.717) is 18.5 Å². The highest BCUT2D eigenvalue weighted by Gasteiger charge is 2.33. The van der Waals surface area contributed by atoms with E-state index in [1.807, 2.05) is 6.92 Å². The van der Waals surface area contributed by atoms with Crippen LogP contribution in [0.25, 0.3) is 0 Å². The quantitative estimate of drug-likeness (QED) is 0.599. The molecule has 1 aromatic rings. The van der Waals surface area contributed by atoms with Gasteiger partial charge in [0.2, 0.25) is 5.91 Å². The van der Waals surface area contributed by atoms with Gasteiger partial charge in [0.05, 0.1) is 6.54 Å². The zero-order valence-electron chi connectivity index (χ0n) is 18.4. The maximum Gasteiger partial charge on any atom is 0.330 e. The summed E-state index contributed by atoms with van der Waals surface area (Å²) in [7, 11) is 0. The number of carbonyl (C=O) groups is 1. The fourth-order valence-electron chi connectivity index (χ4n) is 4.94. The Morgan fingerprint density at radius 2 is 1.83 bits per heavy atom. The molecule has 4 N–H and O–H groups in total. The van der Waals surface area contributed by atoms with Crippen LogP contribution in [0.2, 0.25) is 0 Å². The molecule has 2 aliphatic carbocycles. The normalized spacial score (nSPS) is 22.3. The molecule has 1 amide bonds. The first kappa shape index (κ1) is 22.6. The summed E-state index contributed by atoms with van der Waals surface area (Å²) in [5, 5.41) is 3.43. The lowest BCUT2D eigenvalue weighted by molar-refractivity contribution is -0.118. The van der Waals surface area contributed by atoms with E-state index in [1.54, 1.807) is 4.90 Å². The van der Waals surface area contributed by atoms with Gasteiger partial charge in [-0.2, -0.15) is 0 Å². The molecule has 168 valence electrons. The predicted molar refractivity (Wildman–Crippen MR) is 120 cm³/mol. The van der Waals surface area contributed by atoms with E-state index in [0.717, 1.165) is 44.9 Å². The maximum atomic E-state index is 13.4. The molecule has 2 atom stereocenters. The molecule has 0 saturated heterocycles. The van der Waals surface area contributed by atoms with Crippen LogP contribution in [0.4, 0.5) is 11.5 Å². The number of H-pyrrole nitrogens is 1. The Labute approximate surface area is 178 Å². The summed E-state index contributed by atoms with van der Waals surface area (Å²) < 4.78 is 1.39. The van der Waals surface area contributed by atoms with Gasteiger partial charge in [0.1, 0.15) is 5.82 Å². The number of carbonyl (C=O) groups excluding carboxylic acids is 1. The highest BCUT2D eigenvalue weighted by atomic mass is 16.2. The van der Waals surface area contributed by atoms with Gasteiger partial charge in [0, 0.05) is 18.6 Å². The largest absolute Gasteiger partial charge is 0.383 e. The lowest BCUT2D eigenvalue weighted by Gasteiger charge is -2.33. The Balaban J connectivity index is 1.89. The van der Waals surface area contributed by atoms with Gasteiger partial charge in [0.25, 0.3) is 5.56 Å². The summed E-state index contributed by atoms with van der Waals surface area (Å²) in [4.78, 5) is 42.4. The number of aromatic nitrogens is 2. The molecule has 2 fully saturated rings. The highest BCUT2D eigenvalue weighted by molar-refractivity contribution is 5.97. The van der Waals surface area contributed by atoms with E-state index in [-0.39, 0.29) is 30.0 Å². The molecule has 1 aromatic heterocycles. The van der Waals surface area contributed by atoms with Gasteiger partial charge >= 0.3 is 5.69 Å². The van der Waals surface area contributed by atoms with E-state index in [1.165, 1.54) is 23.8 Å². The van der Waals surface area contributed by atoms with Crippen molar-refractivity contribution in [3.63, 3.8) is 0 Å². The molecule has 8 nitrogen and oxygen atoms in total. The van der Waals surface area contributed by atoms with Crippen molar-refractivity contribution in [3.05, 3.63) is 20.8 Å². The monoisotopic (exact) mass is 419 g/mol. The average molecular weight is 420 g/mol. The van der Waals surface area contributed by atoms with E-state index >= 15 is 0 Å². The van der Waals surface area contributed by atoms with Crippen LogP contribution in [-0.4, -0.2) is 34.1 Å². The number of anilines is 2. The Hall–Kier alpha value is -2.09. The number of nitrogen functional groups attached to an aromatic ring is 1. The minimum absolute atomic E-state index is 0.0522. The SMILES string of the molecule is CCCCn1c(N)c(N(C(=O)CNC2CCCCC2C)C2CCCC2)c(=O)[nH]c1=O. The average Bonchev–Trinajstić information content (AvgIpc) is 3.24. The van der Waals surface area contributed by atoms with Crippen LogP contribution in [0.5, 0.6) is 0 Å². The van der Waals surface area contributed by atoms with Crippen molar-refractivity contribution < 1.29 is 4.79 Å². The lowest BCUT2D eigenvalue weighted by Crippen LogP contribution is -2.50. The number of nitrogens with two attached hydrogens (primary N) is 1. The second-order valence-corrected chi connectivity index (χ2v) is 8.95. The van der Waals surface area contributed by atoms with E-state index in [9.17, 15) is 14.4 Å². The van der Waals surface area contributed by atoms with Gasteiger partial charge in [-0.25, -0.2) is 4.79 Å². The smallest absolute Gasteiger partial charge is 0.330 e. The number of rotatable bonds is 8. The lowest BCUT2D eigenvalue weighted by atomic mass is 9.86. The number of hydrogen-bond donors (Lipinski definition) is 3. The molecule has 30 heavy (non-hydrogen) atoms. The summed E-state index contributed by atoms with van der Waals surface area (Å²) in [6.45, 7) is 4.86. The van der Waals surface area contributed by atoms with Crippen molar-refractivity contribution in [2.75, 3.05) is 17.2 Å². The molecule has 0 aliphatic heterocycles. The molecule has 2 saturated carbocycles. The van der Waals surface area contributed by atoms with Crippen LogP contribution in [0.3, 0.4) is 0 Å². The van der Waals surface area contributed by atoms with Crippen molar-refractivity contribution in [1.82, 2.24) is 14.9 Å². The molecule has 0 radical (unpaired) electrons. The van der Waals surface area contributed by atoms with E-state index in [4.69, 9.17) is 5.73 Å². The molecule has 2 unspecified atom stereocenters. The van der Waals surface area contributed by atoms with Crippen LogP contribution < -0.4 is 27.2 Å². The molecule has 1 heterocycles. The van der Waals surface area contributed by atoms with E-state index < -0.39 is 11.2 Å². The van der Waals surface area contributed by atoms with Gasteiger partial charge in [-0.3, -0.25) is 19.1 Å². The summed E-state index contributed by atoms with van der Waals surface area (Å²) in [6.07, 6.45) is 10.1.